The van der Waals surface area contributed by atoms with Crippen LogP contribution in [0.5, 0.6) is 11.5 Å². The molecule has 3 aromatic rings. The molecule has 1 aliphatic rings. The van der Waals surface area contributed by atoms with Crippen LogP contribution in [-0.4, -0.2) is 42.7 Å². The number of benzene rings is 1. The highest BCUT2D eigenvalue weighted by molar-refractivity contribution is 7.22. The van der Waals surface area contributed by atoms with E-state index < -0.39 is 5.91 Å². The number of hydrogen-bond donors (Lipinski definition) is 1. The normalized spacial score (nSPS) is 15.0. The standard InChI is InChI=1S/C20H22N4O3S/c1-26-14-2-3-16-18(11-14)28-20(23-16)24-8-5-13(6-9-24)12-27-15-4-7-22-17(10-15)19(21)25/h2-4,7,10-11,13H,5-6,8-9,12H2,1H3,(H2,21,25). The first-order valence-corrected chi connectivity index (χ1v) is 10.0. The molecule has 1 aromatic carbocycles. The Morgan fingerprint density at radius 2 is 2.07 bits per heavy atom. The maximum atomic E-state index is 11.2. The van der Waals surface area contributed by atoms with Gasteiger partial charge in [-0.2, -0.15) is 0 Å². The maximum absolute atomic E-state index is 11.2. The molecule has 1 fully saturated rings. The highest BCUT2D eigenvalue weighted by Crippen LogP contribution is 2.33. The zero-order valence-corrected chi connectivity index (χ0v) is 16.4. The zero-order valence-electron chi connectivity index (χ0n) is 15.6. The first-order valence-electron chi connectivity index (χ1n) is 9.20. The van der Waals surface area contributed by atoms with Crippen molar-refractivity contribution < 1.29 is 14.3 Å². The third-order valence-electron chi connectivity index (χ3n) is 4.94. The number of primary amides is 1. The molecule has 2 N–H and O–H groups in total. The highest BCUT2D eigenvalue weighted by Gasteiger charge is 2.22. The van der Waals surface area contributed by atoms with Gasteiger partial charge in [0.25, 0.3) is 5.91 Å². The summed E-state index contributed by atoms with van der Waals surface area (Å²) >= 11 is 1.70. The van der Waals surface area contributed by atoms with E-state index in [0.717, 1.165) is 47.0 Å². The van der Waals surface area contributed by atoms with Crippen molar-refractivity contribution in [2.75, 3.05) is 31.7 Å². The lowest BCUT2D eigenvalue weighted by atomic mass is 9.98. The molecule has 8 heteroatoms. The average molecular weight is 398 g/mol. The van der Waals surface area contributed by atoms with Crippen LogP contribution in [0.15, 0.2) is 36.5 Å². The van der Waals surface area contributed by atoms with Gasteiger partial charge in [0.1, 0.15) is 17.2 Å². The first kappa shape index (κ1) is 18.5. The number of anilines is 1. The molecule has 0 radical (unpaired) electrons. The Balaban J connectivity index is 1.33. The summed E-state index contributed by atoms with van der Waals surface area (Å²) in [4.78, 5) is 22.3. The van der Waals surface area contributed by atoms with Gasteiger partial charge < -0.3 is 20.1 Å². The number of aromatic nitrogens is 2. The first-order chi connectivity index (χ1) is 13.6. The van der Waals surface area contributed by atoms with E-state index in [1.54, 1.807) is 36.8 Å². The monoisotopic (exact) mass is 398 g/mol. The van der Waals surface area contributed by atoms with E-state index in [9.17, 15) is 4.79 Å². The van der Waals surface area contributed by atoms with Gasteiger partial charge in [-0.05, 0) is 43.0 Å². The van der Waals surface area contributed by atoms with Crippen LogP contribution in [0, 0.1) is 5.92 Å². The number of fused-ring (bicyclic) bond motifs is 1. The predicted octanol–water partition coefficient (Wildman–Crippen LogP) is 3.09. The number of piperidine rings is 1. The summed E-state index contributed by atoms with van der Waals surface area (Å²) in [5.41, 5.74) is 6.49. The summed E-state index contributed by atoms with van der Waals surface area (Å²) in [6, 6.07) is 9.32. The number of carbonyl (C=O) groups is 1. The van der Waals surface area contributed by atoms with Gasteiger partial charge in [-0.1, -0.05) is 11.3 Å². The molecule has 0 unspecified atom stereocenters. The van der Waals surface area contributed by atoms with Crippen LogP contribution in [-0.2, 0) is 0 Å². The van der Waals surface area contributed by atoms with Gasteiger partial charge in [-0.25, -0.2) is 4.98 Å². The van der Waals surface area contributed by atoms with Crippen LogP contribution in [0.3, 0.4) is 0 Å². The van der Waals surface area contributed by atoms with E-state index in [4.69, 9.17) is 20.2 Å². The molecule has 0 saturated carbocycles. The van der Waals surface area contributed by atoms with E-state index in [2.05, 4.69) is 9.88 Å². The van der Waals surface area contributed by atoms with Crippen LogP contribution >= 0.6 is 11.3 Å². The number of thiazole rings is 1. The smallest absolute Gasteiger partial charge is 0.267 e. The predicted molar refractivity (Wildman–Crippen MR) is 109 cm³/mol. The molecule has 0 aliphatic carbocycles. The van der Waals surface area contributed by atoms with Crippen molar-refractivity contribution in [3.8, 4) is 11.5 Å². The molecule has 4 rings (SSSR count). The summed E-state index contributed by atoms with van der Waals surface area (Å²) in [5.74, 6) is 1.41. The van der Waals surface area contributed by atoms with Gasteiger partial charge in [0.2, 0.25) is 0 Å². The van der Waals surface area contributed by atoms with Crippen LogP contribution in [0.2, 0.25) is 0 Å². The van der Waals surface area contributed by atoms with Crippen molar-refractivity contribution in [3.05, 3.63) is 42.2 Å². The quantitative estimate of drug-likeness (QED) is 0.686. The van der Waals surface area contributed by atoms with Gasteiger partial charge in [0.05, 0.1) is 23.9 Å². The highest BCUT2D eigenvalue weighted by atomic mass is 32.1. The number of carbonyl (C=O) groups excluding carboxylic acids is 1. The van der Waals surface area contributed by atoms with Crippen molar-refractivity contribution in [3.63, 3.8) is 0 Å². The van der Waals surface area contributed by atoms with Gasteiger partial charge in [0, 0.05) is 25.4 Å². The Morgan fingerprint density at radius 1 is 1.25 bits per heavy atom. The zero-order chi connectivity index (χ0) is 19.5. The lowest BCUT2D eigenvalue weighted by Gasteiger charge is -2.31. The minimum absolute atomic E-state index is 0.222. The lowest BCUT2D eigenvalue weighted by Crippen LogP contribution is -2.35. The molecular weight excluding hydrogens is 376 g/mol. The Kier molecular flexibility index (Phi) is 5.29. The number of methoxy groups -OCH3 is 1. The third-order valence-corrected chi connectivity index (χ3v) is 6.02. The fourth-order valence-electron chi connectivity index (χ4n) is 3.30. The summed E-state index contributed by atoms with van der Waals surface area (Å²) in [5, 5.41) is 1.06. The van der Waals surface area contributed by atoms with Crippen molar-refractivity contribution in [2.45, 2.75) is 12.8 Å². The SMILES string of the molecule is COc1ccc2nc(N3CCC(COc4ccnc(C(N)=O)c4)CC3)sc2c1. The maximum Gasteiger partial charge on any atom is 0.267 e. The Labute approximate surface area is 167 Å². The summed E-state index contributed by atoms with van der Waals surface area (Å²) in [6.07, 6.45) is 3.61. The molecule has 28 heavy (non-hydrogen) atoms. The van der Waals surface area contributed by atoms with Gasteiger partial charge in [0.15, 0.2) is 5.13 Å². The van der Waals surface area contributed by atoms with Gasteiger partial charge in [-0.15, -0.1) is 0 Å². The van der Waals surface area contributed by atoms with Crippen LogP contribution in [0.25, 0.3) is 10.2 Å². The average Bonchev–Trinajstić information content (AvgIpc) is 3.16. The van der Waals surface area contributed by atoms with Crippen LogP contribution in [0.4, 0.5) is 5.13 Å². The molecule has 0 atom stereocenters. The van der Waals surface area contributed by atoms with Gasteiger partial charge >= 0.3 is 0 Å². The molecule has 1 amide bonds. The number of amides is 1. The Bertz CT molecular complexity index is 982. The molecule has 1 aliphatic heterocycles. The minimum atomic E-state index is -0.549. The van der Waals surface area contributed by atoms with Crippen molar-refractivity contribution in [1.82, 2.24) is 9.97 Å². The van der Waals surface area contributed by atoms with E-state index in [0.29, 0.717) is 18.3 Å². The molecule has 146 valence electrons. The summed E-state index contributed by atoms with van der Waals surface area (Å²) in [6.45, 7) is 2.52. The van der Waals surface area contributed by atoms with E-state index in [1.807, 2.05) is 18.2 Å². The number of hydrogen-bond acceptors (Lipinski definition) is 7. The largest absolute Gasteiger partial charge is 0.497 e. The van der Waals surface area contributed by atoms with E-state index in [1.165, 1.54) is 0 Å². The van der Waals surface area contributed by atoms with E-state index in [-0.39, 0.29) is 5.69 Å². The number of nitrogens with two attached hydrogens (primary N) is 1. The fourth-order valence-corrected chi connectivity index (χ4v) is 4.34. The van der Waals surface area contributed by atoms with Crippen LogP contribution < -0.4 is 20.1 Å². The molecule has 0 spiro atoms. The summed E-state index contributed by atoms with van der Waals surface area (Å²) in [7, 11) is 1.68. The lowest BCUT2D eigenvalue weighted by molar-refractivity contribution is 0.0995. The Hall–Kier alpha value is -2.87. The molecule has 3 heterocycles. The fraction of sp³-hybridized carbons (Fsp3) is 0.350. The van der Waals surface area contributed by atoms with Crippen molar-refractivity contribution in [1.29, 1.82) is 0 Å². The molecule has 2 aromatic heterocycles. The van der Waals surface area contributed by atoms with E-state index >= 15 is 0 Å². The molecule has 1 saturated heterocycles. The summed E-state index contributed by atoms with van der Waals surface area (Å²) < 4.78 is 12.3. The molecular formula is C20H22N4O3S. The second-order valence-electron chi connectivity index (χ2n) is 6.81. The third kappa shape index (κ3) is 4.01. The minimum Gasteiger partial charge on any atom is -0.497 e. The number of ether oxygens (including phenoxy) is 2. The molecule has 0 bridgehead atoms. The van der Waals surface area contributed by atoms with Crippen molar-refractivity contribution >= 4 is 32.6 Å². The molecule has 7 nitrogen and oxygen atoms in total. The van der Waals surface area contributed by atoms with Crippen LogP contribution in [0.1, 0.15) is 23.3 Å². The van der Waals surface area contributed by atoms with Gasteiger partial charge in [-0.3, -0.25) is 9.78 Å². The second-order valence-corrected chi connectivity index (χ2v) is 7.82. The Morgan fingerprint density at radius 3 is 2.82 bits per heavy atom. The second kappa shape index (κ2) is 8.02. The topological polar surface area (TPSA) is 90.6 Å². The number of rotatable bonds is 6. The van der Waals surface area contributed by atoms with Crippen molar-refractivity contribution in [2.24, 2.45) is 11.7 Å². The number of nitrogens with zero attached hydrogens (tertiary/aromatic N) is 3. The number of pyridine rings is 1.